The fraction of sp³-hybridized carbons (Fsp3) is 0.222. The molecule has 2 aromatic rings. The van der Waals surface area contributed by atoms with Gasteiger partial charge < -0.3 is 9.47 Å². The minimum absolute atomic E-state index is 0.373. The van der Waals surface area contributed by atoms with Crippen LogP contribution in [0.1, 0.15) is 22.3 Å². The smallest absolute Gasteiger partial charge is 0.337 e. The Morgan fingerprint density at radius 2 is 2.14 bits per heavy atom. The van der Waals surface area contributed by atoms with Crippen LogP contribution in [0.3, 0.4) is 0 Å². The highest BCUT2D eigenvalue weighted by atomic mass is 16.5. The van der Waals surface area contributed by atoms with Crippen LogP contribution in [0.25, 0.3) is 21.2 Å². The number of hydrogen-bond donors (Lipinski definition) is 0. The van der Waals surface area contributed by atoms with Crippen molar-refractivity contribution in [3.8, 4) is 0 Å². The van der Waals surface area contributed by atoms with Gasteiger partial charge in [-0.25, -0.2) is 9.64 Å². The van der Waals surface area contributed by atoms with Crippen molar-refractivity contribution >= 4 is 28.0 Å². The first-order valence-electron chi connectivity index (χ1n) is 7.04. The first-order chi connectivity index (χ1) is 10.7. The number of methoxy groups -OCH3 is 1. The molecule has 0 amide bonds. The zero-order chi connectivity index (χ0) is 15.5. The molecule has 0 aliphatic carbocycles. The third-order valence-corrected chi connectivity index (χ3v) is 3.83. The van der Waals surface area contributed by atoms with Crippen LogP contribution in [-0.4, -0.2) is 26.3 Å². The van der Waals surface area contributed by atoms with Crippen LogP contribution in [0, 0.1) is 6.57 Å². The molecule has 3 rings (SSSR count). The molecule has 4 nitrogen and oxygen atoms in total. The predicted molar refractivity (Wildman–Crippen MR) is 85.0 cm³/mol. The molecule has 0 fully saturated rings. The van der Waals surface area contributed by atoms with E-state index in [0.717, 1.165) is 28.3 Å². The van der Waals surface area contributed by atoms with E-state index in [2.05, 4.69) is 4.85 Å². The molecule has 22 heavy (non-hydrogen) atoms. The first kappa shape index (κ1) is 14.3. The van der Waals surface area contributed by atoms with Gasteiger partial charge >= 0.3 is 5.97 Å². The molecule has 0 atom stereocenters. The molecular weight excluding hydrogens is 278 g/mol. The highest BCUT2D eigenvalue weighted by molar-refractivity contribution is 6.03. The third-order valence-electron chi connectivity index (χ3n) is 3.83. The Morgan fingerprint density at radius 1 is 1.32 bits per heavy atom. The minimum atomic E-state index is -0.373. The van der Waals surface area contributed by atoms with Crippen molar-refractivity contribution in [1.29, 1.82) is 0 Å². The molecule has 0 unspecified atom stereocenters. The summed E-state index contributed by atoms with van der Waals surface area (Å²) < 4.78 is 10.2. The predicted octanol–water partition coefficient (Wildman–Crippen LogP) is 3.98. The summed E-state index contributed by atoms with van der Waals surface area (Å²) in [6.45, 7) is 8.63. The number of ether oxygens (including phenoxy) is 2. The first-order valence-corrected chi connectivity index (χ1v) is 7.04. The lowest BCUT2D eigenvalue weighted by atomic mass is 9.92. The monoisotopic (exact) mass is 293 g/mol. The summed E-state index contributed by atoms with van der Waals surface area (Å²) in [6.07, 6.45) is 2.78. The summed E-state index contributed by atoms with van der Waals surface area (Å²) in [5.41, 5.74) is 3.10. The Balaban J connectivity index is 2.28. The summed E-state index contributed by atoms with van der Waals surface area (Å²) in [7, 11) is 1.37. The Morgan fingerprint density at radius 3 is 2.82 bits per heavy atom. The zero-order valence-electron chi connectivity index (χ0n) is 12.3. The number of rotatable bonds is 2. The molecule has 0 saturated carbocycles. The molecule has 2 aromatic carbocycles. The van der Waals surface area contributed by atoms with Gasteiger partial charge in [-0.05, 0) is 34.9 Å². The lowest BCUT2D eigenvalue weighted by molar-refractivity contribution is 0.0601. The maximum atomic E-state index is 11.8. The number of hydrogen-bond acceptors (Lipinski definition) is 3. The van der Waals surface area contributed by atoms with E-state index in [9.17, 15) is 4.79 Å². The van der Waals surface area contributed by atoms with Gasteiger partial charge in [-0.2, -0.15) is 0 Å². The molecule has 0 N–H and O–H groups in total. The minimum Gasteiger partial charge on any atom is -0.465 e. The second-order valence-corrected chi connectivity index (χ2v) is 5.05. The molecule has 0 spiro atoms. The van der Waals surface area contributed by atoms with E-state index in [1.165, 1.54) is 7.11 Å². The van der Waals surface area contributed by atoms with Gasteiger partial charge in [0.2, 0.25) is 0 Å². The summed E-state index contributed by atoms with van der Waals surface area (Å²) in [5.74, 6) is -0.373. The van der Waals surface area contributed by atoms with Gasteiger partial charge in [0, 0.05) is 0 Å². The second kappa shape index (κ2) is 6.00. The van der Waals surface area contributed by atoms with Crippen LogP contribution in [0.2, 0.25) is 0 Å². The Bertz CT molecular complexity index is 815. The van der Waals surface area contributed by atoms with Crippen LogP contribution in [0.5, 0.6) is 0 Å². The summed E-state index contributed by atoms with van der Waals surface area (Å²) in [6, 6.07) is 9.18. The fourth-order valence-corrected chi connectivity index (χ4v) is 2.74. The lowest BCUT2D eigenvalue weighted by Gasteiger charge is -2.17. The largest absolute Gasteiger partial charge is 0.465 e. The Kier molecular flexibility index (Phi) is 3.90. The molecule has 1 aliphatic heterocycles. The number of benzene rings is 2. The van der Waals surface area contributed by atoms with Gasteiger partial charge in [-0.15, -0.1) is 0 Å². The van der Waals surface area contributed by atoms with Crippen molar-refractivity contribution in [1.82, 2.24) is 0 Å². The molecule has 0 bridgehead atoms. The highest BCUT2D eigenvalue weighted by Crippen LogP contribution is 2.37. The molecule has 0 aromatic heterocycles. The van der Waals surface area contributed by atoms with Crippen molar-refractivity contribution in [2.75, 3.05) is 20.3 Å². The van der Waals surface area contributed by atoms with E-state index in [1.807, 2.05) is 30.3 Å². The molecule has 1 aliphatic rings. The topological polar surface area (TPSA) is 39.9 Å². The van der Waals surface area contributed by atoms with Gasteiger partial charge in [-0.3, -0.25) is 0 Å². The molecule has 0 radical (unpaired) electrons. The number of carbonyl (C=O) groups is 1. The lowest BCUT2D eigenvalue weighted by Crippen LogP contribution is -2.05. The summed E-state index contributed by atoms with van der Waals surface area (Å²) in [4.78, 5) is 15.4. The van der Waals surface area contributed by atoms with Crippen LogP contribution in [-0.2, 0) is 9.47 Å². The molecular formula is C18H15NO3. The Labute approximate surface area is 128 Å². The van der Waals surface area contributed by atoms with Gasteiger partial charge in [0.15, 0.2) is 5.69 Å². The third kappa shape index (κ3) is 2.47. The summed E-state index contributed by atoms with van der Waals surface area (Å²) >= 11 is 0. The van der Waals surface area contributed by atoms with Crippen LogP contribution < -0.4 is 0 Å². The number of fused-ring (bicyclic) bond motifs is 1. The standard InChI is InChI=1S/C18H15NO3/c1-19-16-6-5-12-3-4-14(18(20)21-2)11-15(12)17(16)13-7-9-22-10-8-13/h3-7,11H,8-10H2,2H3. The van der Waals surface area contributed by atoms with Gasteiger partial charge in [0.05, 0.1) is 32.5 Å². The van der Waals surface area contributed by atoms with E-state index in [4.69, 9.17) is 16.0 Å². The molecule has 4 heteroatoms. The van der Waals surface area contributed by atoms with Gasteiger partial charge in [-0.1, -0.05) is 29.8 Å². The second-order valence-electron chi connectivity index (χ2n) is 5.05. The van der Waals surface area contributed by atoms with E-state index in [-0.39, 0.29) is 5.97 Å². The zero-order valence-corrected chi connectivity index (χ0v) is 12.3. The summed E-state index contributed by atoms with van der Waals surface area (Å²) in [5, 5.41) is 1.91. The van der Waals surface area contributed by atoms with E-state index in [0.29, 0.717) is 24.5 Å². The van der Waals surface area contributed by atoms with Crippen molar-refractivity contribution in [2.45, 2.75) is 6.42 Å². The van der Waals surface area contributed by atoms with Crippen molar-refractivity contribution in [3.63, 3.8) is 0 Å². The molecule has 110 valence electrons. The maximum absolute atomic E-state index is 11.8. The Hall–Kier alpha value is -2.64. The van der Waals surface area contributed by atoms with Crippen molar-refractivity contribution in [3.05, 3.63) is 59.0 Å². The fourth-order valence-electron chi connectivity index (χ4n) is 2.74. The highest BCUT2D eigenvalue weighted by Gasteiger charge is 2.16. The van der Waals surface area contributed by atoms with Crippen LogP contribution in [0.4, 0.5) is 5.69 Å². The maximum Gasteiger partial charge on any atom is 0.337 e. The SMILES string of the molecule is [C-]#[N+]c1ccc2ccc(C(=O)OC)cc2c1C1=CCOCC1. The van der Waals surface area contributed by atoms with Crippen molar-refractivity contribution in [2.24, 2.45) is 0 Å². The molecule has 1 heterocycles. The molecule has 0 saturated heterocycles. The normalized spacial score (nSPS) is 14.3. The average Bonchev–Trinajstić information content (AvgIpc) is 2.60. The van der Waals surface area contributed by atoms with E-state index >= 15 is 0 Å². The van der Waals surface area contributed by atoms with E-state index in [1.54, 1.807) is 6.07 Å². The average molecular weight is 293 g/mol. The van der Waals surface area contributed by atoms with E-state index < -0.39 is 0 Å². The van der Waals surface area contributed by atoms with Gasteiger partial charge in [0.1, 0.15) is 0 Å². The number of nitrogens with zero attached hydrogens (tertiary/aromatic N) is 1. The van der Waals surface area contributed by atoms with Crippen LogP contribution >= 0.6 is 0 Å². The number of carbonyl (C=O) groups excluding carboxylic acids is 1. The van der Waals surface area contributed by atoms with Crippen LogP contribution in [0.15, 0.2) is 36.4 Å². The van der Waals surface area contributed by atoms with Crippen molar-refractivity contribution < 1.29 is 14.3 Å². The number of esters is 1. The van der Waals surface area contributed by atoms with Gasteiger partial charge in [0.25, 0.3) is 0 Å². The quantitative estimate of drug-likeness (QED) is 0.621.